The van der Waals surface area contributed by atoms with Gasteiger partial charge in [0.15, 0.2) is 9.84 Å². The molecule has 1 unspecified atom stereocenters. The largest absolute Gasteiger partial charge is 0.489 e. The number of hydrogen-bond donors (Lipinski definition) is 0. The minimum absolute atomic E-state index is 0.0622. The summed E-state index contributed by atoms with van der Waals surface area (Å²) < 4.78 is 29.6. The Balaban J connectivity index is 1.73. The number of carbonyl (C=O) groups excluding carboxylic acids is 1. The van der Waals surface area contributed by atoms with E-state index < -0.39 is 9.84 Å². The lowest BCUT2D eigenvalue weighted by atomic mass is 10.1. The molecule has 0 aliphatic carbocycles. The molecular formula is C22H27NO4S. The molecule has 5 nitrogen and oxygen atoms in total. The van der Waals surface area contributed by atoms with E-state index in [1.54, 1.807) is 23.1 Å². The highest BCUT2D eigenvalue weighted by molar-refractivity contribution is 7.91. The summed E-state index contributed by atoms with van der Waals surface area (Å²) in [7, 11) is -3.05. The van der Waals surface area contributed by atoms with E-state index in [-0.39, 0.29) is 23.5 Å². The van der Waals surface area contributed by atoms with Gasteiger partial charge in [-0.2, -0.15) is 0 Å². The Morgan fingerprint density at radius 2 is 1.93 bits per heavy atom. The summed E-state index contributed by atoms with van der Waals surface area (Å²) in [5.41, 5.74) is 1.59. The third-order valence-corrected chi connectivity index (χ3v) is 6.74. The van der Waals surface area contributed by atoms with Gasteiger partial charge in [0.25, 0.3) is 5.91 Å². The maximum Gasteiger partial charge on any atom is 0.254 e. The van der Waals surface area contributed by atoms with E-state index in [4.69, 9.17) is 4.74 Å². The quantitative estimate of drug-likeness (QED) is 0.677. The number of unbranched alkanes of at least 4 members (excludes halogenated alkanes) is 1. The Morgan fingerprint density at radius 1 is 1.14 bits per heavy atom. The second-order valence-corrected chi connectivity index (χ2v) is 9.44. The third-order valence-electron chi connectivity index (χ3n) is 4.99. The number of nitrogens with zero attached hydrogens (tertiary/aromatic N) is 1. The maximum absolute atomic E-state index is 13.2. The molecule has 1 aliphatic rings. The molecule has 28 heavy (non-hydrogen) atoms. The second-order valence-electron chi connectivity index (χ2n) is 7.21. The fourth-order valence-electron chi connectivity index (χ4n) is 3.43. The van der Waals surface area contributed by atoms with Gasteiger partial charge in [0.05, 0.1) is 11.5 Å². The van der Waals surface area contributed by atoms with Crippen LogP contribution in [-0.4, -0.2) is 43.3 Å². The maximum atomic E-state index is 13.2. The van der Waals surface area contributed by atoms with Crippen LogP contribution in [-0.2, 0) is 16.4 Å². The SMILES string of the molecule is CCCCN(C(=O)c1cccc(OCc2ccccc2)c1)C1CCS(=O)(=O)C1. The molecule has 1 heterocycles. The fraction of sp³-hybridized carbons (Fsp3) is 0.409. The summed E-state index contributed by atoms with van der Waals surface area (Å²) in [6.07, 6.45) is 2.32. The monoisotopic (exact) mass is 401 g/mol. The summed E-state index contributed by atoms with van der Waals surface area (Å²) in [5, 5.41) is 0. The van der Waals surface area contributed by atoms with E-state index in [9.17, 15) is 13.2 Å². The van der Waals surface area contributed by atoms with Crippen LogP contribution in [0.1, 0.15) is 42.1 Å². The molecule has 0 aromatic heterocycles. The van der Waals surface area contributed by atoms with Gasteiger partial charge in [0.1, 0.15) is 12.4 Å². The molecular weight excluding hydrogens is 374 g/mol. The van der Waals surface area contributed by atoms with Crippen LogP contribution in [0.2, 0.25) is 0 Å². The minimum Gasteiger partial charge on any atom is -0.489 e. The Labute approximate surface area is 167 Å². The first-order chi connectivity index (χ1) is 13.5. The fourth-order valence-corrected chi connectivity index (χ4v) is 5.16. The van der Waals surface area contributed by atoms with Crippen molar-refractivity contribution >= 4 is 15.7 Å². The predicted molar refractivity (Wildman–Crippen MR) is 110 cm³/mol. The van der Waals surface area contributed by atoms with Crippen LogP contribution in [0.15, 0.2) is 54.6 Å². The Hall–Kier alpha value is -2.34. The standard InChI is InChI=1S/C22H27NO4S/c1-2-3-13-23(20-12-14-28(25,26)17-20)22(24)19-10-7-11-21(15-19)27-16-18-8-5-4-6-9-18/h4-11,15,20H,2-3,12-14,16-17H2,1H3. The zero-order chi connectivity index (χ0) is 20.0. The number of benzene rings is 2. The van der Waals surface area contributed by atoms with Crippen LogP contribution >= 0.6 is 0 Å². The van der Waals surface area contributed by atoms with Crippen LogP contribution in [0.5, 0.6) is 5.75 Å². The van der Waals surface area contributed by atoms with Crippen LogP contribution < -0.4 is 4.74 Å². The molecule has 3 rings (SSSR count). The zero-order valence-electron chi connectivity index (χ0n) is 16.2. The Morgan fingerprint density at radius 3 is 2.61 bits per heavy atom. The van der Waals surface area contributed by atoms with Gasteiger partial charge in [0, 0.05) is 18.2 Å². The molecule has 2 aromatic rings. The average molecular weight is 402 g/mol. The molecule has 6 heteroatoms. The normalized spacial score (nSPS) is 18.0. The Kier molecular flexibility index (Phi) is 6.73. The van der Waals surface area contributed by atoms with Crippen LogP contribution in [0.4, 0.5) is 0 Å². The van der Waals surface area contributed by atoms with E-state index in [0.717, 1.165) is 18.4 Å². The van der Waals surface area contributed by atoms with E-state index in [1.165, 1.54) is 0 Å². The summed E-state index contributed by atoms with van der Waals surface area (Å²) in [4.78, 5) is 14.9. The van der Waals surface area contributed by atoms with Crippen molar-refractivity contribution in [3.63, 3.8) is 0 Å². The van der Waals surface area contributed by atoms with Crippen molar-refractivity contribution < 1.29 is 17.9 Å². The zero-order valence-corrected chi connectivity index (χ0v) is 17.0. The van der Waals surface area contributed by atoms with Crippen LogP contribution in [0.3, 0.4) is 0 Å². The lowest BCUT2D eigenvalue weighted by Gasteiger charge is -2.28. The minimum atomic E-state index is -3.05. The first kappa shape index (κ1) is 20.4. The number of sulfone groups is 1. The van der Waals surface area contributed by atoms with Crippen LogP contribution in [0.25, 0.3) is 0 Å². The van der Waals surface area contributed by atoms with E-state index in [2.05, 4.69) is 6.92 Å². The lowest BCUT2D eigenvalue weighted by Crippen LogP contribution is -2.41. The highest BCUT2D eigenvalue weighted by Gasteiger charge is 2.34. The van der Waals surface area contributed by atoms with E-state index >= 15 is 0 Å². The van der Waals surface area contributed by atoms with E-state index in [1.807, 2.05) is 36.4 Å². The number of rotatable bonds is 8. The van der Waals surface area contributed by atoms with Crippen molar-refractivity contribution in [1.82, 2.24) is 4.90 Å². The molecule has 0 bridgehead atoms. The van der Waals surface area contributed by atoms with Crippen molar-refractivity contribution in [2.75, 3.05) is 18.1 Å². The summed E-state index contributed by atoms with van der Waals surface area (Å²) in [6.45, 7) is 3.07. The highest BCUT2D eigenvalue weighted by Crippen LogP contribution is 2.23. The number of hydrogen-bond acceptors (Lipinski definition) is 4. The average Bonchev–Trinajstić information content (AvgIpc) is 3.07. The van der Waals surface area contributed by atoms with Gasteiger partial charge in [-0.1, -0.05) is 49.7 Å². The molecule has 1 amide bonds. The van der Waals surface area contributed by atoms with Crippen molar-refractivity contribution in [3.05, 3.63) is 65.7 Å². The second kappa shape index (κ2) is 9.24. The van der Waals surface area contributed by atoms with Gasteiger partial charge >= 0.3 is 0 Å². The Bertz CT molecular complexity index is 896. The van der Waals surface area contributed by atoms with Crippen LogP contribution in [0, 0.1) is 0 Å². The number of ether oxygens (including phenoxy) is 1. The first-order valence-electron chi connectivity index (χ1n) is 9.76. The van der Waals surface area contributed by atoms with Crippen molar-refractivity contribution in [2.45, 2.75) is 38.8 Å². The van der Waals surface area contributed by atoms with Gasteiger partial charge in [-0.25, -0.2) is 8.42 Å². The summed E-state index contributed by atoms with van der Waals surface area (Å²) >= 11 is 0. The number of amides is 1. The van der Waals surface area contributed by atoms with Crippen molar-refractivity contribution in [1.29, 1.82) is 0 Å². The topological polar surface area (TPSA) is 63.7 Å². The van der Waals surface area contributed by atoms with Gasteiger partial charge in [-0.3, -0.25) is 4.79 Å². The molecule has 0 radical (unpaired) electrons. The van der Waals surface area contributed by atoms with Crippen molar-refractivity contribution in [2.24, 2.45) is 0 Å². The summed E-state index contributed by atoms with van der Waals surface area (Å²) in [5.74, 6) is 0.727. The molecule has 1 fully saturated rings. The predicted octanol–water partition coefficient (Wildman–Crippen LogP) is 3.70. The first-order valence-corrected chi connectivity index (χ1v) is 11.6. The molecule has 0 saturated carbocycles. The molecule has 2 aromatic carbocycles. The van der Waals surface area contributed by atoms with Crippen molar-refractivity contribution in [3.8, 4) is 5.75 Å². The molecule has 1 saturated heterocycles. The third kappa shape index (κ3) is 5.35. The molecule has 0 N–H and O–H groups in total. The summed E-state index contributed by atoms with van der Waals surface area (Å²) in [6, 6.07) is 16.7. The van der Waals surface area contributed by atoms with Gasteiger partial charge < -0.3 is 9.64 Å². The van der Waals surface area contributed by atoms with Gasteiger partial charge in [-0.15, -0.1) is 0 Å². The molecule has 0 spiro atoms. The van der Waals surface area contributed by atoms with Gasteiger partial charge in [0.2, 0.25) is 0 Å². The molecule has 1 atom stereocenters. The number of carbonyl (C=O) groups is 1. The van der Waals surface area contributed by atoms with E-state index in [0.29, 0.717) is 30.9 Å². The molecule has 1 aliphatic heterocycles. The molecule has 150 valence electrons. The highest BCUT2D eigenvalue weighted by atomic mass is 32.2. The van der Waals surface area contributed by atoms with Gasteiger partial charge in [-0.05, 0) is 36.6 Å². The lowest BCUT2D eigenvalue weighted by molar-refractivity contribution is 0.0693. The smallest absolute Gasteiger partial charge is 0.254 e.